The van der Waals surface area contributed by atoms with Crippen molar-refractivity contribution < 1.29 is 57.1 Å². The van der Waals surface area contributed by atoms with Gasteiger partial charge in [0.25, 0.3) is 11.1 Å². The van der Waals surface area contributed by atoms with Crippen molar-refractivity contribution in [2.45, 2.75) is 49.1 Å². The highest BCUT2D eigenvalue weighted by molar-refractivity contribution is 7.52. The molecular weight excluding hydrogens is 690 g/mol. The third-order valence-electron chi connectivity index (χ3n) is 7.81. The third-order valence-corrected chi connectivity index (χ3v) is 9.87. The Morgan fingerprint density at radius 1 is 0.750 bits per heavy atom. The van der Waals surface area contributed by atoms with Crippen LogP contribution < -0.4 is 22.6 Å². The Balaban J connectivity index is 1.17. The van der Waals surface area contributed by atoms with E-state index in [9.17, 15) is 38.7 Å². The maximum absolute atomic E-state index is 13.1. The van der Waals surface area contributed by atoms with Crippen LogP contribution in [-0.2, 0) is 37.1 Å². The maximum Gasteiger partial charge on any atom is 0.353 e. The first-order chi connectivity index (χ1) is 22.7. The number of hydrogen-bond donors (Lipinski definition) is 8. The van der Waals surface area contributed by atoms with Gasteiger partial charge in [-0.1, -0.05) is 0 Å². The fourth-order valence-corrected chi connectivity index (χ4v) is 7.25. The number of nitrogens with two attached hydrogens (primary N) is 2. The Bertz CT molecular complexity index is 2090. The molecule has 0 amide bonds. The lowest BCUT2D eigenvalue weighted by Gasteiger charge is -2.24. The SMILES string of the molecule is Nc1nc2c(ncn2[C@@H]2O[C@@H]3COP(=O)(O)CO[C@@H]4[C@H](O)[C@@H](COP(=O)(O)CO[C@H]3[C@H]2O)O[C@H]4n2cnc3c(=O)[nH]c(N)nc32)c(=O)[nH]1. The smallest absolute Gasteiger partial charge is 0.353 e. The Labute approximate surface area is 265 Å². The number of rotatable bonds is 2. The van der Waals surface area contributed by atoms with Gasteiger partial charge in [-0.3, -0.25) is 37.8 Å². The number of aliphatic hydroxyl groups is 2. The summed E-state index contributed by atoms with van der Waals surface area (Å²) >= 11 is 0. The standard InChI is InChI=1S/C22H28N10O14P2/c23-21-27-15-9(17(35)29-21)25-3-31(15)19-12(34)13-8(46-19)2-44-48(39,40)6-42-14-11(33)7(1-43-47(37,38)5-41-13)45-20(14)32-4-26-10-16(32)28-22(24)30-18(10)36/h3-4,7-8,11-14,19-20,33-34H,1-2,5-6H2,(H,37,38)(H,39,40)(H3,23,27,29,35)(H3,24,28,30,36)/t7-,8-,11-,12-,13-,14-,19-,20-/m1/s1. The van der Waals surface area contributed by atoms with E-state index >= 15 is 0 Å². The topological polar surface area (TPSA) is 350 Å². The molecule has 3 aliphatic heterocycles. The van der Waals surface area contributed by atoms with Crippen LogP contribution in [0.15, 0.2) is 22.2 Å². The van der Waals surface area contributed by atoms with Gasteiger partial charge in [-0.05, 0) is 0 Å². The van der Waals surface area contributed by atoms with Gasteiger partial charge < -0.3 is 59.5 Å². The second-order valence-corrected chi connectivity index (χ2v) is 14.6. The summed E-state index contributed by atoms with van der Waals surface area (Å²) < 4.78 is 62.0. The quantitative estimate of drug-likeness (QED) is 0.0959. The summed E-state index contributed by atoms with van der Waals surface area (Å²) in [6.45, 7) is -1.42. The molecule has 0 spiro atoms. The van der Waals surface area contributed by atoms with Crippen LogP contribution in [0.1, 0.15) is 12.5 Å². The number of anilines is 2. The van der Waals surface area contributed by atoms with Gasteiger partial charge in [-0.25, -0.2) is 9.97 Å². The van der Waals surface area contributed by atoms with Gasteiger partial charge in [-0.15, -0.1) is 0 Å². The first kappa shape index (κ1) is 32.9. The maximum atomic E-state index is 13.1. The summed E-state index contributed by atoms with van der Waals surface area (Å²) in [6.07, 6.45) is -11.4. The zero-order chi connectivity index (χ0) is 34.1. The molecule has 7 heterocycles. The van der Waals surface area contributed by atoms with Crippen LogP contribution in [-0.4, -0.2) is 122 Å². The Hall–Kier alpha value is -3.64. The fraction of sp³-hybridized carbons (Fsp3) is 0.545. The molecule has 26 heteroatoms. The van der Waals surface area contributed by atoms with E-state index in [-0.39, 0.29) is 34.2 Å². The molecule has 4 aromatic rings. The van der Waals surface area contributed by atoms with Crippen LogP contribution >= 0.6 is 15.2 Å². The van der Waals surface area contributed by atoms with Crippen molar-refractivity contribution in [2.24, 2.45) is 0 Å². The predicted octanol–water partition coefficient (Wildman–Crippen LogP) is -2.96. The predicted molar refractivity (Wildman–Crippen MR) is 156 cm³/mol. The molecule has 4 aromatic heterocycles. The van der Waals surface area contributed by atoms with E-state index in [4.69, 9.17) is 39.5 Å². The molecule has 0 radical (unpaired) electrons. The average molecular weight is 718 g/mol. The summed E-state index contributed by atoms with van der Waals surface area (Å²) in [4.78, 5) is 66.4. The Kier molecular flexibility index (Phi) is 8.25. The van der Waals surface area contributed by atoms with Crippen LogP contribution in [0.25, 0.3) is 22.3 Å². The summed E-state index contributed by atoms with van der Waals surface area (Å²) in [7, 11) is -9.33. The number of ether oxygens (including phenoxy) is 4. The number of imidazole rings is 2. The lowest BCUT2D eigenvalue weighted by atomic mass is 10.1. The van der Waals surface area contributed by atoms with Crippen LogP contribution in [0.3, 0.4) is 0 Å². The van der Waals surface area contributed by atoms with Gasteiger partial charge in [0, 0.05) is 0 Å². The number of nitrogen functional groups attached to an aromatic ring is 2. The van der Waals surface area contributed by atoms with E-state index in [0.717, 1.165) is 12.7 Å². The van der Waals surface area contributed by atoms with Gasteiger partial charge in [0.2, 0.25) is 11.9 Å². The number of fused-ring (bicyclic) bond motifs is 5. The molecule has 2 bridgehead atoms. The number of nitrogens with zero attached hydrogens (tertiary/aromatic N) is 6. The van der Waals surface area contributed by atoms with E-state index < -0.39 is 101 Å². The van der Waals surface area contributed by atoms with Crippen molar-refractivity contribution in [2.75, 3.05) is 37.4 Å². The van der Waals surface area contributed by atoms with Gasteiger partial charge in [-0.2, -0.15) is 9.97 Å². The molecule has 260 valence electrons. The summed E-state index contributed by atoms with van der Waals surface area (Å²) in [5.41, 5.74) is 9.57. The van der Waals surface area contributed by atoms with Crippen molar-refractivity contribution in [3.8, 4) is 0 Å². The highest BCUT2D eigenvalue weighted by atomic mass is 31.2. The second-order valence-electron chi connectivity index (χ2n) is 11.0. The van der Waals surface area contributed by atoms with Crippen molar-refractivity contribution in [1.82, 2.24) is 39.0 Å². The van der Waals surface area contributed by atoms with E-state index in [1.807, 2.05) is 0 Å². The molecule has 2 unspecified atom stereocenters. The van der Waals surface area contributed by atoms with E-state index in [1.54, 1.807) is 0 Å². The van der Waals surface area contributed by atoms with Crippen molar-refractivity contribution >= 4 is 49.4 Å². The monoisotopic (exact) mass is 718 g/mol. The molecule has 48 heavy (non-hydrogen) atoms. The molecule has 10 N–H and O–H groups in total. The molecular formula is C22H28N10O14P2. The van der Waals surface area contributed by atoms with Gasteiger partial charge in [0.1, 0.15) is 49.3 Å². The zero-order valence-electron chi connectivity index (χ0n) is 24.2. The molecule has 24 nitrogen and oxygen atoms in total. The largest absolute Gasteiger partial charge is 0.387 e. The van der Waals surface area contributed by atoms with Gasteiger partial charge >= 0.3 is 15.2 Å². The van der Waals surface area contributed by atoms with Crippen molar-refractivity contribution in [1.29, 1.82) is 0 Å². The number of nitrogens with one attached hydrogen (secondary N) is 2. The minimum atomic E-state index is -4.68. The van der Waals surface area contributed by atoms with Crippen LogP contribution in [0.5, 0.6) is 0 Å². The minimum absolute atomic E-state index is 0.0723. The lowest BCUT2D eigenvalue weighted by molar-refractivity contribution is -0.0696. The van der Waals surface area contributed by atoms with Crippen LogP contribution in [0.4, 0.5) is 11.9 Å². The van der Waals surface area contributed by atoms with E-state index in [1.165, 1.54) is 9.13 Å². The highest BCUT2D eigenvalue weighted by Gasteiger charge is 2.50. The average Bonchev–Trinajstić information content (AvgIpc) is 3.76. The normalized spacial score (nSPS) is 36.6. The first-order valence-corrected chi connectivity index (χ1v) is 17.5. The number of H-pyrrole nitrogens is 2. The molecule has 7 rings (SSSR count). The van der Waals surface area contributed by atoms with Crippen molar-refractivity contribution in [3.05, 3.63) is 33.4 Å². The number of aromatic amines is 2. The molecule has 0 aromatic carbocycles. The number of aromatic nitrogens is 8. The number of hydrogen-bond acceptors (Lipinski definition) is 18. The summed E-state index contributed by atoms with van der Waals surface area (Å²) in [6, 6.07) is 0. The second kappa shape index (κ2) is 12.0. The number of aliphatic hydroxyl groups excluding tert-OH is 2. The lowest BCUT2D eigenvalue weighted by Crippen LogP contribution is -2.37. The summed E-state index contributed by atoms with van der Waals surface area (Å²) in [5.74, 6) is -0.514. The Morgan fingerprint density at radius 3 is 1.79 bits per heavy atom. The van der Waals surface area contributed by atoms with E-state index in [0.29, 0.717) is 0 Å². The molecule has 3 saturated heterocycles. The van der Waals surface area contributed by atoms with E-state index in [2.05, 4.69) is 29.9 Å². The first-order valence-electron chi connectivity index (χ1n) is 14.0. The molecule has 10 atom stereocenters. The van der Waals surface area contributed by atoms with Crippen LogP contribution in [0, 0.1) is 0 Å². The summed E-state index contributed by atoms with van der Waals surface area (Å²) in [5, 5.41) is 22.3. The molecule has 0 saturated carbocycles. The Morgan fingerprint density at radius 2 is 1.23 bits per heavy atom. The molecule has 3 fully saturated rings. The third kappa shape index (κ3) is 5.95. The minimum Gasteiger partial charge on any atom is -0.387 e. The molecule has 0 aliphatic carbocycles. The van der Waals surface area contributed by atoms with Gasteiger partial charge in [0.15, 0.2) is 34.8 Å². The highest BCUT2D eigenvalue weighted by Crippen LogP contribution is 2.48. The van der Waals surface area contributed by atoms with Gasteiger partial charge in [0.05, 0.1) is 25.9 Å². The zero-order valence-corrected chi connectivity index (χ0v) is 26.0. The molecule has 3 aliphatic rings. The van der Waals surface area contributed by atoms with Crippen LogP contribution in [0.2, 0.25) is 0 Å². The van der Waals surface area contributed by atoms with Crippen molar-refractivity contribution in [3.63, 3.8) is 0 Å². The fourth-order valence-electron chi connectivity index (χ4n) is 5.62.